The molecule has 9 rings (SSSR count). The number of hydrogen-bond acceptors (Lipinski definition) is 2. The lowest BCUT2D eigenvalue weighted by molar-refractivity contribution is 0.988. The van der Waals surface area contributed by atoms with Crippen molar-refractivity contribution < 1.29 is 0 Å². The lowest BCUT2D eigenvalue weighted by atomic mass is 9.85. The standard InChI is InChI=1S/C44H32N2/c1-27-39-35-21-11-12-23-37(35)45-43(30-15-5-3-6-16-30)41(39)28(2)40-36-25-24-32(34-22-13-19-29-14-9-10-20-33(29)34)26-38(36)46-44(42(27)40)31-17-7-4-8-18-31/h3-9,11-19,21-26H,10,20H2,1-2H3. The van der Waals surface area contributed by atoms with E-state index >= 15 is 0 Å². The summed E-state index contributed by atoms with van der Waals surface area (Å²) in [5.74, 6) is 0. The van der Waals surface area contributed by atoms with Gasteiger partial charge in [0.15, 0.2) is 0 Å². The lowest BCUT2D eigenvalue weighted by Gasteiger charge is -2.21. The third-order valence-electron chi connectivity index (χ3n) is 9.85. The number of rotatable bonds is 3. The van der Waals surface area contributed by atoms with E-state index in [0.717, 1.165) is 46.4 Å². The Bertz CT molecular complexity index is 2530. The zero-order valence-electron chi connectivity index (χ0n) is 26.0. The maximum atomic E-state index is 5.51. The Hall–Kier alpha value is -5.60. The highest BCUT2D eigenvalue weighted by Gasteiger charge is 2.23. The molecule has 0 amide bonds. The summed E-state index contributed by atoms with van der Waals surface area (Å²) in [5.41, 5.74) is 14.1. The Kier molecular flexibility index (Phi) is 6.11. The van der Waals surface area contributed by atoms with Crippen LogP contribution in [0.4, 0.5) is 0 Å². The van der Waals surface area contributed by atoms with Crippen LogP contribution in [-0.4, -0.2) is 9.97 Å². The fourth-order valence-corrected chi connectivity index (χ4v) is 7.76. The van der Waals surface area contributed by atoms with Crippen molar-refractivity contribution in [3.8, 4) is 33.6 Å². The summed E-state index contributed by atoms with van der Waals surface area (Å²) in [7, 11) is 0. The number of nitrogens with zero attached hydrogens (tertiary/aromatic N) is 2. The molecule has 0 unspecified atom stereocenters. The van der Waals surface area contributed by atoms with E-state index in [1.165, 1.54) is 65.7 Å². The number of benzene rings is 6. The quantitative estimate of drug-likeness (QED) is 0.152. The Morgan fingerprint density at radius 2 is 1.11 bits per heavy atom. The van der Waals surface area contributed by atoms with E-state index in [0.29, 0.717) is 0 Å². The van der Waals surface area contributed by atoms with Crippen LogP contribution in [0.3, 0.4) is 0 Å². The van der Waals surface area contributed by atoms with Crippen LogP contribution in [0.5, 0.6) is 0 Å². The normalized spacial score (nSPS) is 12.7. The van der Waals surface area contributed by atoms with E-state index in [2.05, 4.69) is 147 Å². The molecule has 0 spiro atoms. The van der Waals surface area contributed by atoms with Crippen molar-refractivity contribution in [1.82, 2.24) is 9.97 Å². The molecule has 0 radical (unpaired) electrons. The molecule has 1 aliphatic carbocycles. The van der Waals surface area contributed by atoms with Gasteiger partial charge in [-0.15, -0.1) is 0 Å². The summed E-state index contributed by atoms with van der Waals surface area (Å²) in [6.07, 6.45) is 6.69. The second-order valence-electron chi connectivity index (χ2n) is 12.5. The van der Waals surface area contributed by atoms with Crippen LogP contribution in [0, 0.1) is 13.8 Å². The molecule has 2 heteroatoms. The molecule has 218 valence electrons. The van der Waals surface area contributed by atoms with Gasteiger partial charge in [-0.2, -0.15) is 0 Å². The Balaban J connectivity index is 1.46. The molecule has 6 aromatic carbocycles. The van der Waals surface area contributed by atoms with Crippen molar-refractivity contribution in [2.75, 3.05) is 0 Å². The number of para-hydroxylation sites is 1. The number of allylic oxidation sites excluding steroid dienone is 1. The van der Waals surface area contributed by atoms with Crippen molar-refractivity contribution in [3.05, 3.63) is 150 Å². The van der Waals surface area contributed by atoms with Gasteiger partial charge < -0.3 is 0 Å². The van der Waals surface area contributed by atoms with Crippen molar-refractivity contribution in [1.29, 1.82) is 0 Å². The smallest absolute Gasteiger partial charge is 0.0791 e. The van der Waals surface area contributed by atoms with Crippen LogP contribution < -0.4 is 0 Å². The van der Waals surface area contributed by atoms with Gasteiger partial charge in [-0.05, 0) is 83.0 Å². The molecule has 0 saturated carbocycles. The van der Waals surface area contributed by atoms with Gasteiger partial charge in [-0.1, -0.05) is 121 Å². The third-order valence-corrected chi connectivity index (χ3v) is 9.85. The zero-order valence-corrected chi connectivity index (χ0v) is 26.0. The minimum absolute atomic E-state index is 1.01. The summed E-state index contributed by atoms with van der Waals surface area (Å²) in [6, 6.07) is 43.5. The number of aryl methyl sites for hydroxylation is 2. The average Bonchev–Trinajstić information content (AvgIpc) is 3.12. The second kappa shape index (κ2) is 10.5. The molecule has 2 aromatic heterocycles. The molecular formula is C44H32N2. The maximum absolute atomic E-state index is 5.51. The largest absolute Gasteiger partial charge is 0.247 e. The van der Waals surface area contributed by atoms with E-state index in [9.17, 15) is 0 Å². The minimum Gasteiger partial charge on any atom is -0.247 e. The summed E-state index contributed by atoms with van der Waals surface area (Å²) in [6.45, 7) is 4.57. The first-order chi connectivity index (χ1) is 22.7. The van der Waals surface area contributed by atoms with Crippen LogP contribution >= 0.6 is 0 Å². The van der Waals surface area contributed by atoms with Gasteiger partial charge in [-0.25, -0.2) is 9.97 Å². The molecule has 1 aliphatic rings. The average molecular weight is 589 g/mol. The molecular weight excluding hydrogens is 556 g/mol. The Morgan fingerprint density at radius 1 is 0.500 bits per heavy atom. The monoisotopic (exact) mass is 588 g/mol. The molecule has 8 aromatic rings. The fourth-order valence-electron chi connectivity index (χ4n) is 7.76. The van der Waals surface area contributed by atoms with Crippen molar-refractivity contribution in [3.63, 3.8) is 0 Å². The van der Waals surface area contributed by atoms with Crippen LogP contribution in [0.1, 0.15) is 28.7 Å². The van der Waals surface area contributed by atoms with Crippen molar-refractivity contribution >= 4 is 49.4 Å². The molecule has 0 aliphatic heterocycles. The molecule has 0 atom stereocenters. The predicted octanol–water partition coefficient (Wildman–Crippen LogP) is 11.7. The molecule has 0 saturated heterocycles. The number of aromatic nitrogens is 2. The van der Waals surface area contributed by atoms with Gasteiger partial charge >= 0.3 is 0 Å². The highest BCUT2D eigenvalue weighted by molar-refractivity contribution is 6.25. The summed E-state index contributed by atoms with van der Waals surface area (Å²) >= 11 is 0. The lowest BCUT2D eigenvalue weighted by Crippen LogP contribution is -2.00. The summed E-state index contributed by atoms with van der Waals surface area (Å²) < 4.78 is 0. The Morgan fingerprint density at radius 3 is 1.80 bits per heavy atom. The van der Waals surface area contributed by atoms with Gasteiger partial charge in [-0.3, -0.25) is 0 Å². The first kappa shape index (κ1) is 26.8. The molecule has 0 fully saturated rings. The molecule has 46 heavy (non-hydrogen) atoms. The van der Waals surface area contributed by atoms with Crippen LogP contribution in [0.25, 0.3) is 83.1 Å². The van der Waals surface area contributed by atoms with Gasteiger partial charge in [0.2, 0.25) is 0 Å². The Labute approximate surface area is 268 Å². The minimum atomic E-state index is 1.01. The fraction of sp³-hybridized carbons (Fsp3) is 0.0909. The van der Waals surface area contributed by atoms with E-state index in [1.54, 1.807) is 0 Å². The zero-order chi connectivity index (χ0) is 30.8. The van der Waals surface area contributed by atoms with Crippen LogP contribution in [0.15, 0.2) is 127 Å². The van der Waals surface area contributed by atoms with E-state index < -0.39 is 0 Å². The highest BCUT2D eigenvalue weighted by Crippen LogP contribution is 2.46. The van der Waals surface area contributed by atoms with Crippen molar-refractivity contribution in [2.24, 2.45) is 0 Å². The predicted molar refractivity (Wildman–Crippen MR) is 195 cm³/mol. The van der Waals surface area contributed by atoms with Crippen LogP contribution in [0.2, 0.25) is 0 Å². The topological polar surface area (TPSA) is 25.8 Å². The first-order valence-electron chi connectivity index (χ1n) is 16.2. The third kappa shape index (κ3) is 4.03. The van der Waals surface area contributed by atoms with Gasteiger partial charge in [0, 0.05) is 32.7 Å². The molecule has 0 N–H and O–H groups in total. The van der Waals surface area contributed by atoms with E-state index in [1.807, 2.05) is 0 Å². The van der Waals surface area contributed by atoms with E-state index in [-0.39, 0.29) is 0 Å². The summed E-state index contributed by atoms with van der Waals surface area (Å²) in [4.78, 5) is 10.8. The van der Waals surface area contributed by atoms with Crippen molar-refractivity contribution in [2.45, 2.75) is 26.7 Å². The maximum Gasteiger partial charge on any atom is 0.0791 e. The SMILES string of the molecule is Cc1c2c(-c3ccccc3)nc3cc(-c4cccc5c4CCC=C5)ccc3c2c(C)c2c(-c3ccccc3)nc3ccccc3c12. The van der Waals surface area contributed by atoms with E-state index in [4.69, 9.17) is 9.97 Å². The van der Waals surface area contributed by atoms with Crippen LogP contribution in [-0.2, 0) is 6.42 Å². The van der Waals surface area contributed by atoms with Gasteiger partial charge in [0.1, 0.15) is 0 Å². The first-order valence-corrected chi connectivity index (χ1v) is 16.2. The molecule has 0 bridgehead atoms. The second-order valence-corrected chi connectivity index (χ2v) is 12.5. The highest BCUT2D eigenvalue weighted by atomic mass is 14.7. The molecule has 2 heterocycles. The number of hydrogen-bond donors (Lipinski definition) is 0. The molecule has 2 nitrogen and oxygen atoms in total. The van der Waals surface area contributed by atoms with Gasteiger partial charge in [0.25, 0.3) is 0 Å². The summed E-state index contributed by atoms with van der Waals surface area (Å²) in [5, 5.41) is 7.30. The number of pyridine rings is 2. The van der Waals surface area contributed by atoms with Gasteiger partial charge in [0.05, 0.1) is 22.4 Å². The number of fused-ring (bicyclic) bond motifs is 7.